The number of methoxy groups -OCH3 is 1. The Hall–Kier alpha value is -2.15. The zero-order valence-electron chi connectivity index (χ0n) is 13.8. The van der Waals surface area contributed by atoms with Crippen LogP contribution in [0.5, 0.6) is 5.75 Å². The molecule has 1 aromatic carbocycles. The number of ether oxygens (including phenoxy) is 1. The van der Waals surface area contributed by atoms with E-state index in [9.17, 15) is 4.79 Å². The number of benzene rings is 1. The zero-order valence-corrected chi connectivity index (χ0v) is 15.4. The molecule has 0 bridgehead atoms. The van der Waals surface area contributed by atoms with Gasteiger partial charge < -0.3 is 15.0 Å². The minimum atomic E-state index is -0.247. The summed E-state index contributed by atoms with van der Waals surface area (Å²) in [6.45, 7) is 3.69. The fourth-order valence-electron chi connectivity index (χ4n) is 2.07. The van der Waals surface area contributed by atoms with Crippen molar-refractivity contribution in [2.75, 3.05) is 31.4 Å². The largest absolute Gasteiger partial charge is 0.497 e. The number of carbonyl (C=O) groups is 1. The van der Waals surface area contributed by atoms with E-state index in [1.165, 1.54) is 0 Å². The Kier molecular flexibility index (Phi) is 5.20. The first-order valence-electron chi connectivity index (χ1n) is 7.01. The van der Waals surface area contributed by atoms with Crippen LogP contribution in [0.15, 0.2) is 22.7 Å². The van der Waals surface area contributed by atoms with Crippen molar-refractivity contribution in [3.05, 3.63) is 39.6 Å². The maximum atomic E-state index is 12.6. The summed E-state index contributed by atoms with van der Waals surface area (Å²) in [5.74, 6) is 0.981. The number of aromatic nitrogens is 2. The number of nitrogens with zero attached hydrogens (tertiary/aromatic N) is 3. The number of hydrogen-bond donors (Lipinski definition) is 1. The Labute approximate surface area is 144 Å². The lowest BCUT2D eigenvalue weighted by Crippen LogP contribution is -2.18. The molecule has 0 unspecified atom stereocenters. The molecule has 0 aliphatic rings. The van der Waals surface area contributed by atoms with Crippen LogP contribution in [0.4, 0.5) is 11.6 Å². The molecule has 2 rings (SSSR count). The van der Waals surface area contributed by atoms with Crippen molar-refractivity contribution in [1.29, 1.82) is 0 Å². The van der Waals surface area contributed by atoms with E-state index < -0.39 is 0 Å². The monoisotopic (exact) mass is 378 g/mol. The standard InChI is InChI=1S/C16H19BrN4O2/c1-9-14(10(2)19-16(18-9)21(3)4)20-15(22)12-8-11(23-5)6-7-13(12)17/h6-8H,1-5H3,(H,20,22). The first-order chi connectivity index (χ1) is 10.8. The van der Waals surface area contributed by atoms with Gasteiger partial charge in [0.15, 0.2) is 0 Å². The van der Waals surface area contributed by atoms with Crippen LogP contribution in [0.2, 0.25) is 0 Å². The number of anilines is 2. The fourth-order valence-corrected chi connectivity index (χ4v) is 2.49. The summed E-state index contributed by atoms with van der Waals surface area (Å²) in [6, 6.07) is 5.24. The van der Waals surface area contributed by atoms with Crippen LogP contribution in [0.25, 0.3) is 0 Å². The topological polar surface area (TPSA) is 67.3 Å². The molecule has 0 saturated carbocycles. The Bertz CT molecular complexity index is 724. The number of halogens is 1. The third-order valence-corrected chi connectivity index (χ3v) is 4.01. The average Bonchev–Trinajstić information content (AvgIpc) is 2.50. The van der Waals surface area contributed by atoms with Gasteiger partial charge in [-0.1, -0.05) is 0 Å². The molecule has 1 heterocycles. The van der Waals surface area contributed by atoms with Crippen molar-refractivity contribution in [2.45, 2.75) is 13.8 Å². The van der Waals surface area contributed by atoms with Crippen molar-refractivity contribution >= 4 is 33.5 Å². The molecule has 7 heteroatoms. The second kappa shape index (κ2) is 6.95. The normalized spacial score (nSPS) is 10.3. The highest BCUT2D eigenvalue weighted by Gasteiger charge is 2.16. The smallest absolute Gasteiger partial charge is 0.257 e. The summed E-state index contributed by atoms with van der Waals surface area (Å²) >= 11 is 3.39. The van der Waals surface area contributed by atoms with Gasteiger partial charge in [0.1, 0.15) is 5.75 Å². The molecule has 2 aromatic rings. The maximum absolute atomic E-state index is 12.6. The van der Waals surface area contributed by atoms with Gasteiger partial charge in [0.2, 0.25) is 5.95 Å². The van der Waals surface area contributed by atoms with Crippen molar-refractivity contribution < 1.29 is 9.53 Å². The summed E-state index contributed by atoms with van der Waals surface area (Å²) in [6.07, 6.45) is 0. The first kappa shape index (κ1) is 17.2. The van der Waals surface area contributed by atoms with Gasteiger partial charge >= 0.3 is 0 Å². The Morgan fingerprint density at radius 3 is 2.35 bits per heavy atom. The van der Waals surface area contributed by atoms with Gasteiger partial charge in [-0.2, -0.15) is 0 Å². The highest BCUT2D eigenvalue weighted by molar-refractivity contribution is 9.10. The van der Waals surface area contributed by atoms with E-state index in [1.54, 1.807) is 25.3 Å². The Balaban J connectivity index is 2.34. The second-order valence-corrected chi connectivity index (χ2v) is 6.12. The van der Waals surface area contributed by atoms with E-state index in [4.69, 9.17) is 4.74 Å². The van der Waals surface area contributed by atoms with Crippen molar-refractivity contribution in [3.63, 3.8) is 0 Å². The number of amides is 1. The predicted octanol–water partition coefficient (Wildman–Crippen LogP) is 3.18. The molecule has 0 aliphatic heterocycles. The molecule has 0 fully saturated rings. The molecule has 6 nitrogen and oxygen atoms in total. The van der Waals surface area contributed by atoms with E-state index in [0.717, 1.165) is 0 Å². The second-order valence-electron chi connectivity index (χ2n) is 5.26. The Morgan fingerprint density at radius 2 is 1.83 bits per heavy atom. The Morgan fingerprint density at radius 1 is 1.22 bits per heavy atom. The van der Waals surface area contributed by atoms with Gasteiger partial charge in [0.25, 0.3) is 5.91 Å². The number of aryl methyl sites for hydroxylation is 2. The summed E-state index contributed by atoms with van der Waals surface area (Å²) in [4.78, 5) is 23.2. The molecule has 23 heavy (non-hydrogen) atoms. The van der Waals surface area contributed by atoms with E-state index in [1.807, 2.05) is 32.8 Å². The van der Waals surface area contributed by atoms with Crippen LogP contribution in [-0.2, 0) is 0 Å². The number of hydrogen-bond acceptors (Lipinski definition) is 5. The quantitative estimate of drug-likeness (QED) is 0.884. The maximum Gasteiger partial charge on any atom is 0.257 e. The van der Waals surface area contributed by atoms with Crippen LogP contribution in [0, 0.1) is 13.8 Å². The average molecular weight is 379 g/mol. The van der Waals surface area contributed by atoms with Gasteiger partial charge in [-0.25, -0.2) is 9.97 Å². The van der Waals surface area contributed by atoms with E-state index >= 15 is 0 Å². The van der Waals surface area contributed by atoms with Gasteiger partial charge in [-0.15, -0.1) is 0 Å². The van der Waals surface area contributed by atoms with Crippen LogP contribution in [0.1, 0.15) is 21.7 Å². The lowest BCUT2D eigenvalue weighted by Gasteiger charge is -2.16. The summed E-state index contributed by atoms with van der Waals surface area (Å²) in [5, 5.41) is 2.89. The van der Waals surface area contributed by atoms with Gasteiger partial charge in [-0.3, -0.25) is 4.79 Å². The summed E-state index contributed by atoms with van der Waals surface area (Å²) in [7, 11) is 5.31. The van der Waals surface area contributed by atoms with Gasteiger partial charge in [-0.05, 0) is 48.0 Å². The van der Waals surface area contributed by atoms with Crippen molar-refractivity contribution in [1.82, 2.24) is 9.97 Å². The van der Waals surface area contributed by atoms with E-state index in [-0.39, 0.29) is 5.91 Å². The number of rotatable bonds is 4. The highest BCUT2D eigenvalue weighted by Crippen LogP contribution is 2.25. The SMILES string of the molecule is COc1ccc(Br)c(C(=O)Nc2c(C)nc(N(C)C)nc2C)c1. The highest BCUT2D eigenvalue weighted by atomic mass is 79.9. The van der Waals surface area contributed by atoms with Crippen LogP contribution >= 0.6 is 15.9 Å². The third-order valence-electron chi connectivity index (χ3n) is 3.32. The molecule has 0 atom stereocenters. The molecule has 1 N–H and O–H groups in total. The van der Waals surface area contributed by atoms with Crippen LogP contribution in [-0.4, -0.2) is 37.1 Å². The number of nitrogens with one attached hydrogen (secondary N) is 1. The molecule has 0 spiro atoms. The molecule has 0 saturated heterocycles. The molecule has 1 amide bonds. The first-order valence-corrected chi connectivity index (χ1v) is 7.80. The fraction of sp³-hybridized carbons (Fsp3) is 0.312. The minimum Gasteiger partial charge on any atom is -0.497 e. The summed E-state index contributed by atoms with van der Waals surface area (Å²) < 4.78 is 5.86. The minimum absolute atomic E-state index is 0.247. The van der Waals surface area contributed by atoms with E-state index in [2.05, 4.69) is 31.2 Å². The molecule has 1 aromatic heterocycles. The molecule has 0 radical (unpaired) electrons. The molecule has 122 valence electrons. The van der Waals surface area contributed by atoms with Crippen LogP contribution in [0.3, 0.4) is 0 Å². The predicted molar refractivity (Wildman–Crippen MR) is 94.5 cm³/mol. The van der Waals surface area contributed by atoms with Crippen LogP contribution < -0.4 is 15.0 Å². The lowest BCUT2D eigenvalue weighted by molar-refractivity contribution is 0.102. The molecule has 0 aliphatic carbocycles. The summed E-state index contributed by atoms with van der Waals surface area (Å²) in [5.41, 5.74) is 2.54. The molecular formula is C16H19BrN4O2. The zero-order chi connectivity index (χ0) is 17.1. The van der Waals surface area contributed by atoms with Crippen molar-refractivity contribution in [2.24, 2.45) is 0 Å². The van der Waals surface area contributed by atoms with Crippen molar-refractivity contribution in [3.8, 4) is 5.75 Å². The van der Waals surface area contributed by atoms with E-state index in [0.29, 0.717) is 38.8 Å². The van der Waals surface area contributed by atoms with Gasteiger partial charge in [0.05, 0.1) is 29.7 Å². The van der Waals surface area contributed by atoms with Gasteiger partial charge in [0, 0.05) is 18.6 Å². The molecular weight excluding hydrogens is 360 g/mol. The third kappa shape index (κ3) is 3.79. The lowest BCUT2D eigenvalue weighted by atomic mass is 10.2. The number of carbonyl (C=O) groups excluding carboxylic acids is 1.